The van der Waals surface area contributed by atoms with Crippen LogP contribution in [-0.4, -0.2) is 4.98 Å². The fourth-order valence-electron chi connectivity index (χ4n) is 0.865. The van der Waals surface area contributed by atoms with Crippen LogP contribution in [0.2, 0.25) is 0 Å². The number of hydrogen-bond donors (Lipinski definition) is 1. The molecule has 4 heteroatoms. The average Bonchev–Trinajstić information content (AvgIpc) is 2.28. The highest BCUT2D eigenvalue weighted by Gasteiger charge is 1.98. The largest absolute Gasteiger partial charge is 0.258 e. The van der Waals surface area contributed by atoms with Gasteiger partial charge in [-0.1, -0.05) is 5.22 Å². The number of nitrogens with one attached hydrogen (secondary N) is 1. The third-order valence-electron chi connectivity index (χ3n) is 1.37. The number of aromatic nitrogens is 1. The number of anilines is 1. The van der Waals surface area contributed by atoms with Crippen molar-refractivity contribution in [3.8, 4) is 0 Å². The normalized spacial score (nSPS) is 13.5. The molecule has 1 aromatic heterocycles. The van der Waals surface area contributed by atoms with Crippen molar-refractivity contribution in [2.24, 2.45) is 10.3 Å². The van der Waals surface area contributed by atoms with Crippen LogP contribution in [-0.2, 0) is 0 Å². The lowest BCUT2D eigenvalue weighted by Crippen LogP contribution is -1.90. The van der Waals surface area contributed by atoms with Gasteiger partial charge in [0.05, 0.1) is 17.6 Å². The third-order valence-corrected chi connectivity index (χ3v) is 1.37. The van der Waals surface area contributed by atoms with Crippen molar-refractivity contribution >= 4 is 11.8 Å². The molecule has 0 aliphatic carbocycles. The van der Waals surface area contributed by atoms with E-state index in [1.807, 2.05) is 12.1 Å². The molecule has 1 aliphatic heterocycles. The van der Waals surface area contributed by atoms with Crippen LogP contribution >= 0.6 is 0 Å². The lowest BCUT2D eigenvalue weighted by atomic mass is 10.3. The molecule has 2 rings (SSSR count). The predicted octanol–water partition coefficient (Wildman–Crippen LogP) is 1.84. The second-order valence-electron chi connectivity index (χ2n) is 2.08. The van der Waals surface area contributed by atoms with Gasteiger partial charge in [0.1, 0.15) is 0 Å². The van der Waals surface area contributed by atoms with Gasteiger partial charge in [-0.15, -0.1) is 5.11 Å². The van der Waals surface area contributed by atoms with E-state index < -0.39 is 0 Å². The summed E-state index contributed by atoms with van der Waals surface area (Å²) in [5.41, 5.74) is 4.50. The van der Waals surface area contributed by atoms with Crippen LogP contribution in [0.15, 0.2) is 34.9 Å². The highest BCUT2D eigenvalue weighted by atomic mass is 15.4. The number of nitrogens with zero attached hydrogens (tertiary/aromatic N) is 3. The summed E-state index contributed by atoms with van der Waals surface area (Å²) in [4.78, 5) is 4.11. The Kier molecular flexibility index (Phi) is 1.37. The van der Waals surface area contributed by atoms with Gasteiger partial charge in [0.15, 0.2) is 0 Å². The van der Waals surface area contributed by atoms with E-state index in [1.54, 1.807) is 18.5 Å². The molecule has 0 fully saturated rings. The van der Waals surface area contributed by atoms with E-state index in [0.29, 0.717) is 0 Å². The van der Waals surface area contributed by atoms with Crippen LogP contribution in [0.5, 0.6) is 0 Å². The van der Waals surface area contributed by atoms with E-state index in [0.717, 1.165) is 11.4 Å². The van der Waals surface area contributed by atoms with Gasteiger partial charge in [0.2, 0.25) is 0 Å². The van der Waals surface area contributed by atoms with E-state index in [1.165, 1.54) is 0 Å². The minimum Gasteiger partial charge on any atom is -0.258 e. The van der Waals surface area contributed by atoms with Crippen LogP contribution in [0.25, 0.3) is 6.08 Å². The molecular weight excluding hydrogens is 140 g/mol. The maximum absolute atomic E-state index is 4.11. The molecule has 0 radical (unpaired) electrons. The molecule has 1 aromatic rings. The first-order valence-electron chi connectivity index (χ1n) is 3.24. The summed E-state index contributed by atoms with van der Waals surface area (Å²) in [6, 6.07) is 3.75. The molecule has 0 saturated carbocycles. The zero-order chi connectivity index (χ0) is 7.52. The molecule has 11 heavy (non-hydrogen) atoms. The van der Waals surface area contributed by atoms with Crippen molar-refractivity contribution in [2.75, 3.05) is 5.43 Å². The average molecular weight is 146 g/mol. The Bertz CT molecular complexity index is 316. The molecule has 1 aliphatic rings. The molecule has 0 unspecified atom stereocenters. The first-order valence-corrected chi connectivity index (χ1v) is 3.24. The van der Waals surface area contributed by atoms with Gasteiger partial charge in [-0.05, 0) is 18.2 Å². The van der Waals surface area contributed by atoms with Crippen molar-refractivity contribution in [1.82, 2.24) is 4.98 Å². The van der Waals surface area contributed by atoms with Crippen LogP contribution in [0, 0.1) is 0 Å². The molecule has 0 spiro atoms. The summed E-state index contributed by atoms with van der Waals surface area (Å²) in [5, 5.41) is 7.34. The summed E-state index contributed by atoms with van der Waals surface area (Å²) in [5.74, 6) is 0. The standard InChI is InChI=1S/C7H6N4/c1-2-7-6(8-4-1)3-5-9-11-10-7/h1-5H,(H,9,10). The van der Waals surface area contributed by atoms with E-state index in [4.69, 9.17) is 0 Å². The Balaban J connectivity index is 2.52. The van der Waals surface area contributed by atoms with Gasteiger partial charge in [-0.25, -0.2) is 0 Å². The van der Waals surface area contributed by atoms with Gasteiger partial charge in [0.25, 0.3) is 0 Å². The zero-order valence-corrected chi connectivity index (χ0v) is 5.73. The molecule has 0 aromatic carbocycles. The molecular formula is C7H6N4. The first-order chi connectivity index (χ1) is 5.47. The summed E-state index contributed by atoms with van der Waals surface area (Å²) >= 11 is 0. The fourth-order valence-corrected chi connectivity index (χ4v) is 0.865. The quantitative estimate of drug-likeness (QED) is 0.607. The van der Waals surface area contributed by atoms with E-state index in [9.17, 15) is 0 Å². The molecule has 1 N–H and O–H groups in total. The van der Waals surface area contributed by atoms with Gasteiger partial charge in [-0.3, -0.25) is 10.4 Å². The fraction of sp³-hybridized carbons (Fsp3) is 0. The highest BCUT2D eigenvalue weighted by Crippen LogP contribution is 2.15. The number of fused-ring (bicyclic) bond motifs is 1. The lowest BCUT2D eigenvalue weighted by molar-refractivity contribution is 1.13. The molecule has 4 nitrogen and oxygen atoms in total. The molecule has 0 amide bonds. The molecule has 0 saturated heterocycles. The second kappa shape index (κ2) is 2.49. The molecule has 54 valence electrons. The third kappa shape index (κ3) is 1.10. The van der Waals surface area contributed by atoms with Crippen molar-refractivity contribution in [3.63, 3.8) is 0 Å². The minimum absolute atomic E-state index is 0.859. The number of hydrogen-bond acceptors (Lipinski definition) is 4. The summed E-state index contributed by atoms with van der Waals surface area (Å²) in [6.45, 7) is 0. The second-order valence-corrected chi connectivity index (χ2v) is 2.08. The van der Waals surface area contributed by atoms with Gasteiger partial charge in [-0.2, -0.15) is 0 Å². The number of rotatable bonds is 0. The van der Waals surface area contributed by atoms with Gasteiger partial charge < -0.3 is 0 Å². The Hall–Kier alpha value is -1.71. The van der Waals surface area contributed by atoms with Crippen LogP contribution in [0.4, 0.5) is 5.69 Å². The maximum atomic E-state index is 4.11. The monoisotopic (exact) mass is 146 g/mol. The molecule has 2 heterocycles. The first kappa shape index (κ1) is 6.03. The van der Waals surface area contributed by atoms with E-state index >= 15 is 0 Å². The van der Waals surface area contributed by atoms with E-state index in [2.05, 4.69) is 20.7 Å². The summed E-state index contributed by atoms with van der Waals surface area (Å²) < 4.78 is 0. The minimum atomic E-state index is 0.859. The predicted molar refractivity (Wildman–Crippen MR) is 41.7 cm³/mol. The Labute approximate surface area is 63.7 Å². The molecule has 0 bridgehead atoms. The summed E-state index contributed by atoms with van der Waals surface area (Å²) in [6.07, 6.45) is 5.14. The summed E-state index contributed by atoms with van der Waals surface area (Å²) in [7, 11) is 0. The highest BCUT2D eigenvalue weighted by molar-refractivity contribution is 5.62. The lowest BCUT2D eigenvalue weighted by Gasteiger charge is -1.98. The van der Waals surface area contributed by atoms with Crippen molar-refractivity contribution in [2.45, 2.75) is 0 Å². The Morgan fingerprint density at radius 2 is 2.36 bits per heavy atom. The number of pyridine rings is 1. The van der Waals surface area contributed by atoms with Crippen LogP contribution < -0.4 is 5.43 Å². The molecule has 0 atom stereocenters. The van der Waals surface area contributed by atoms with Crippen LogP contribution in [0.1, 0.15) is 5.69 Å². The SMILES string of the molecule is C1=Cc2ncccc2NN=N1. The van der Waals surface area contributed by atoms with Crippen molar-refractivity contribution < 1.29 is 0 Å². The van der Waals surface area contributed by atoms with Crippen molar-refractivity contribution in [1.29, 1.82) is 0 Å². The smallest absolute Gasteiger partial charge is 0.0896 e. The van der Waals surface area contributed by atoms with Crippen LogP contribution in [0.3, 0.4) is 0 Å². The van der Waals surface area contributed by atoms with Gasteiger partial charge >= 0.3 is 0 Å². The maximum Gasteiger partial charge on any atom is 0.0896 e. The Morgan fingerprint density at radius 3 is 3.36 bits per heavy atom. The van der Waals surface area contributed by atoms with E-state index in [-0.39, 0.29) is 0 Å². The Morgan fingerprint density at radius 1 is 1.36 bits per heavy atom. The van der Waals surface area contributed by atoms with Gasteiger partial charge in [0, 0.05) is 6.20 Å². The van der Waals surface area contributed by atoms with Crippen molar-refractivity contribution in [3.05, 3.63) is 30.2 Å². The zero-order valence-electron chi connectivity index (χ0n) is 5.73. The topological polar surface area (TPSA) is 49.6 Å².